The SMILES string of the molecule is CN=C(NCC1COc2ccccc2O1)NC1CC=CC1. The van der Waals surface area contributed by atoms with Gasteiger partial charge in [-0.05, 0) is 25.0 Å². The molecule has 1 unspecified atom stereocenters. The Morgan fingerprint density at radius 3 is 2.76 bits per heavy atom. The summed E-state index contributed by atoms with van der Waals surface area (Å²) in [6.45, 7) is 1.21. The van der Waals surface area contributed by atoms with E-state index in [0.717, 1.165) is 30.3 Å². The summed E-state index contributed by atoms with van der Waals surface area (Å²) >= 11 is 0. The Bertz CT molecular complexity index is 534. The first-order valence-electron chi connectivity index (χ1n) is 7.36. The van der Waals surface area contributed by atoms with E-state index >= 15 is 0 Å². The van der Waals surface area contributed by atoms with Crippen LogP contribution in [0.15, 0.2) is 41.4 Å². The monoisotopic (exact) mass is 287 g/mol. The molecule has 112 valence electrons. The summed E-state index contributed by atoms with van der Waals surface area (Å²) in [6, 6.07) is 8.19. The Morgan fingerprint density at radius 1 is 1.24 bits per heavy atom. The summed E-state index contributed by atoms with van der Waals surface area (Å²) in [4.78, 5) is 4.25. The van der Waals surface area contributed by atoms with Gasteiger partial charge < -0.3 is 20.1 Å². The first-order valence-corrected chi connectivity index (χ1v) is 7.36. The quantitative estimate of drug-likeness (QED) is 0.505. The van der Waals surface area contributed by atoms with Crippen LogP contribution in [0, 0.1) is 0 Å². The van der Waals surface area contributed by atoms with Crippen molar-refractivity contribution in [1.29, 1.82) is 0 Å². The normalized spacial score (nSPS) is 21.4. The van der Waals surface area contributed by atoms with Crippen molar-refractivity contribution < 1.29 is 9.47 Å². The van der Waals surface area contributed by atoms with Gasteiger partial charge in [0.2, 0.25) is 0 Å². The molecule has 0 saturated carbocycles. The van der Waals surface area contributed by atoms with Gasteiger partial charge in [-0.15, -0.1) is 0 Å². The van der Waals surface area contributed by atoms with Gasteiger partial charge in [-0.2, -0.15) is 0 Å². The number of rotatable bonds is 3. The van der Waals surface area contributed by atoms with E-state index in [0.29, 0.717) is 19.2 Å². The third kappa shape index (κ3) is 3.48. The molecule has 1 aromatic carbocycles. The van der Waals surface area contributed by atoms with Gasteiger partial charge in [-0.25, -0.2) is 0 Å². The summed E-state index contributed by atoms with van der Waals surface area (Å²) < 4.78 is 11.6. The Labute approximate surface area is 125 Å². The second kappa shape index (κ2) is 6.52. The number of hydrogen-bond donors (Lipinski definition) is 2. The number of hydrogen-bond acceptors (Lipinski definition) is 3. The van der Waals surface area contributed by atoms with Gasteiger partial charge in [0.1, 0.15) is 12.7 Å². The maximum absolute atomic E-state index is 5.91. The van der Waals surface area contributed by atoms with Crippen molar-refractivity contribution in [3.05, 3.63) is 36.4 Å². The highest BCUT2D eigenvalue weighted by molar-refractivity contribution is 5.80. The fourth-order valence-electron chi connectivity index (χ4n) is 2.50. The molecule has 0 saturated heterocycles. The van der Waals surface area contributed by atoms with Crippen molar-refractivity contribution >= 4 is 5.96 Å². The average molecular weight is 287 g/mol. The molecule has 1 aromatic rings. The number of nitrogens with zero attached hydrogens (tertiary/aromatic N) is 1. The molecule has 0 fully saturated rings. The summed E-state index contributed by atoms with van der Waals surface area (Å²) in [7, 11) is 1.78. The second-order valence-electron chi connectivity index (χ2n) is 5.23. The maximum Gasteiger partial charge on any atom is 0.191 e. The molecule has 0 amide bonds. The molecular weight excluding hydrogens is 266 g/mol. The Kier molecular flexibility index (Phi) is 4.28. The lowest BCUT2D eigenvalue weighted by Gasteiger charge is -2.27. The van der Waals surface area contributed by atoms with Crippen LogP contribution in [-0.4, -0.2) is 38.3 Å². The summed E-state index contributed by atoms with van der Waals surface area (Å²) in [5.41, 5.74) is 0. The molecule has 0 bridgehead atoms. The molecule has 21 heavy (non-hydrogen) atoms. The fourth-order valence-corrected chi connectivity index (χ4v) is 2.50. The van der Waals surface area contributed by atoms with Crippen molar-refractivity contribution in [1.82, 2.24) is 10.6 Å². The molecule has 0 spiro atoms. The molecule has 5 nitrogen and oxygen atoms in total. The van der Waals surface area contributed by atoms with Gasteiger partial charge in [-0.3, -0.25) is 4.99 Å². The van der Waals surface area contributed by atoms with Crippen LogP contribution < -0.4 is 20.1 Å². The van der Waals surface area contributed by atoms with Crippen molar-refractivity contribution in [2.24, 2.45) is 4.99 Å². The van der Waals surface area contributed by atoms with E-state index in [-0.39, 0.29) is 6.10 Å². The molecule has 1 aliphatic carbocycles. The third-order valence-electron chi connectivity index (χ3n) is 3.64. The molecule has 0 radical (unpaired) electrons. The third-order valence-corrected chi connectivity index (χ3v) is 3.64. The molecular formula is C16H21N3O2. The van der Waals surface area contributed by atoms with Crippen LogP contribution in [-0.2, 0) is 0 Å². The minimum absolute atomic E-state index is 0.0137. The van der Waals surface area contributed by atoms with E-state index in [4.69, 9.17) is 9.47 Å². The van der Waals surface area contributed by atoms with Crippen LogP contribution in [0.3, 0.4) is 0 Å². The zero-order valence-electron chi connectivity index (χ0n) is 12.2. The number of fused-ring (bicyclic) bond motifs is 1. The highest BCUT2D eigenvalue weighted by atomic mass is 16.6. The van der Waals surface area contributed by atoms with Crippen LogP contribution in [0.4, 0.5) is 0 Å². The Balaban J connectivity index is 1.48. The van der Waals surface area contributed by atoms with Gasteiger partial charge >= 0.3 is 0 Å². The summed E-state index contributed by atoms with van der Waals surface area (Å²) in [6.07, 6.45) is 6.48. The highest BCUT2D eigenvalue weighted by Gasteiger charge is 2.21. The average Bonchev–Trinajstić information content (AvgIpc) is 3.04. The number of benzene rings is 1. The van der Waals surface area contributed by atoms with E-state index < -0.39 is 0 Å². The van der Waals surface area contributed by atoms with Crippen molar-refractivity contribution in [3.8, 4) is 11.5 Å². The van der Waals surface area contributed by atoms with Crippen LogP contribution in [0.25, 0.3) is 0 Å². The molecule has 1 aliphatic heterocycles. The molecule has 2 N–H and O–H groups in total. The van der Waals surface area contributed by atoms with Crippen LogP contribution in [0.5, 0.6) is 11.5 Å². The highest BCUT2D eigenvalue weighted by Crippen LogP contribution is 2.30. The Morgan fingerprint density at radius 2 is 2.00 bits per heavy atom. The summed E-state index contributed by atoms with van der Waals surface area (Å²) in [5.74, 6) is 2.43. The topological polar surface area (TPSA) is 54.9 Å². The van der Waals surface area contributed by atoms with Crippen LogP contribution in [0.2, 0.25) is 0 Å². The lowest BCUT2D eigenvalue weighted by molar-refractivity contribution is 0.0936. The van der Waals surface area contributed by atoms with Crippen molar-refractivity contribution in [2.75, 3.05) is 20.2 Å². The van der Waals surface area contributed by atoms with Crippen LogP contribution >= 0.6 is 0 Å². The molecule has 3 rings (SSSR count). The predicted molar refractivity (Wildman–Crippen MR) is 83.0 cm³/mol. The zero-order valence-corrected chi connectivity index (χ0v) is 12.2. The summed E-state index contributed by atoms with van der Waals surface area (Å²) in [5, 5.41) is 6.71. The zero-order chi connectivity index (χ0) is 14.5. The van der Waals surface area contributed by atoms with E-state index in [9.17, 15) is 0 Å². The molecule has 1 heterocycles. The van der Waals surface area contributed by atoms with Crippen molar-refractivity contribution in [2.45, 2.75) is 25.0 Å². The largest absolute Gasteiger partial charge is 0.486 e. The van der Waals surface area contributed by atoms with Crippen molar-refractivity contribution in [3.63, 3.8) is 0 Å². The molecule has 0 aromatic heterocycles. The predicted octanol–water partition coefficient (Wildman–Crippen LogP) is 1.71. The molecule has 2 aliphatic rings. The minimum Gasteiger partial charge on any atom is -0.486 e. The lowest BCUT2D eigenvalue weighted by Crippen LogP contribution is -2.47. The van der Waals surface area contributed by atoms with E-state index in [1.165, 1.54) is 0 Å². The molecule has 5 heteroatoms. The van der Waals surface area contributed by atoms with Gasteiger partial charge in [0.25, 0.3) is 0 Å². The molecule has 1 atom stereocenters. The second-order valence-corrected chi connectivity index (χ2v) is 5.23. The standard InChI is InChI=1S/C16H21N3O2/c1-17-16(19-12-6-2-3-7-12)18-10-13-11-20-14-8-4-5-9-15(14)21-13/h2-5,8-9,12-13H,6-7,10-11H2,1H3,(H2,17,18,19). The van der Waals surface area contributed by atoms with Gasteiger partial charge in [0.05, 0.1) is 6.54 Å². The van der Waals surface area contributed by atoms with Crippen LogP contribution in [0.1, 0.15) is 12.8 Å². The smallest absolute Gasteiger partial charge is 0.191 e. The van der Waals surface area contributed by atoms with E-state index in [2.05, 4.69) is 27.8 Å². The van der Waals surface area contributed by atoms with Gasteiger partial charge in [0.15, 0.2) is 17.5 Å². The van der Waals surface area contributed by atoms with Gasteiger partial charge in [0, 0.05) is 13.1 Å². The minimum atomic E-state index is -0.0137. The van der Waals surface area contributed by atoms with E-state index in [1.807, 2.05) is 24.3 Å². The number of guanidine groups is 1. The maximum atomic E-state index is 5.91. The first kappa shape index (κ1) is 13.8. The number of nitrogens with one attached hydrogen (secondary N) is 2. The number of aliphatic imine (C=N–C) groups is 1. The first-order chi connectivity index (χ1) is 10.3. The lowest BCUT2D eigenvalue weighted by atomic mass is 10.2. The van der Waals surface area contributed by atoms with E-state index in [1.54, 1.807) is 7.05 Å². The fraction of sp³-hybridized carbons (Fsp3) is 0.438. The number of para-hydroxylation sites is 2. The Hall–Kier alpha value is -2.17. The number of ether oxygens (including phenoxy) is 2. The van der Waals surface area contributed by atoms with Gasteiger partial charge in [-0.1, -0.05) is 24.3 Å².